The van der Waals surface area contributed by atoms with E-state index in [9.17, 15) is 0 Å². The van der Waals surface area contributed by atoms with Gasteiger partial charge in [-0.3, -0.25) is 0 Å². The Labute approximate surface area is 30.0 Å². The molecular weight excluding hydrogens is 140 g/mol. The van der Waals surface area contributed by atoms with E-state index in [1.54, 1.807) is 0 Å². The minimum atomic E-state index is -2.86. The molecule has 3 heteroatoms. The van der Waals surface area contributed by atoms with Gasteiger partial charge in [0, 0.05) is 0 Å². The van der Waals surface area contributed by atoms with Crippen molar-refractivity contribution in [3.05, 3.63) is 0 Å². The molecule has 0 spiro atoms. The van der Waals surface area contributed by atoms with Crippen molar-refractivity contribution < 1.29 is 24.0 Å². The molecule has 4 heavy (non-hydrogen) atoms. The summed E-state index contributed by atoms with van der Waals surface area (Å²) in [6, 6.07) is 0. The van der Waals surface area contributed by atoms with E-state index in [0.717, 1.165) is 0 Å². The summed E-state index contributed by atoms with van der Waals surface area (Å²) in [7, 11) is 0. The van der Waals surface area contributed by atoms with Crippen molar-refractivity contribution >= 4 is 0 Å². The molecule has 25 valence electrons. The molecule has 0 unspecified atom stereocenters. The molecule has 0 atom stereocenters. The first-order valence-electron chi connectivity index (χ1n) is 0.742. The topological polar surface area (TPSA) is 34.1 Å². The molecule has 0 fully saturated rings. The van der Waals surface area contributed by atoms with Crippen LogP contribution >= 0.6 is 0 Å². The zero-order valence-corrected chi connectivity index (χ0v) is 4.23. The number of hydrogen-bond donors (Lipinski definition) is 0. The summed E-state index contributed by atoms with van der Waals surface area (Å²) in [6.45, 7) is 0. The van der Waals surface area contributed by atoms with Crippen LogP contribution in [-0.4, -0.2) is 0 Å². The van der Waals surface area contributed by atoms with Gasteiger partial charge in [-0.15, -0.1) is 0 Å². The summed E-state index contributed by atoms with van der Waals surface area (Å²) in [6.07, 6.45) is 0. The SMILES string of the molecule is [CH3][Mo](=[O])=[O]. The van der Waals surface area contributed by atoms with E-state index < -0.39 is 17.2 Å². The van der Waals surface area contributed by atoms with Gasteiger partial charge in [0.2, 0.25) is 0 Å². The van der Waals surface area contributed by atoms with E-state index in [0.29, 0.717) is 0 Å². The van der Waals surface area contributed by atoms with Gasteiger partial charge in [-0.25, -0.2) is 0 Å². The van der Waals surface area contributed by atoms with Crippen LogP contribution < -0.4 is 0 Å². The quantitative estimate of drug-likeness (QED) is 0.458. The summed E-state index contributed by atoms with van der Waals surface area (Å²) in [5.74, 6) is 0. The Morgan fingerprint density at radius 1 is 1.50 bits per heavy atom. The molecule has 0 aromatic carbocycles. The number of rotatable bonds is 0. The molecule has 0 heterocycles. The van der Waals surface area contributed by atoms with Crippen LogP contribution in [0.5, 0.6) is 0 Å². The first-order valence-corrected chi connectivity index (χ1v) is 4.39. The number of hydrogen-bond acceptors (Lipinski definition) is 2. The molecule has 0 radical (unpaired) electrons. The fourth-order valence-corrected chi connectivity index (χ4v) is 0. The third-order valence-electron chi connectivity index (χ3n) is 0. The molecule has 0 aromatic heterocycles. The van der Waals surface area contributed by atoms with E-state index in [-0.39, 0.29) is 0 Å². The van der Waals surface area contributed by atoms with Gasteiger partial charge in [-0.05, 0) is 0 Å². The van der Waals surface area contributed by atoms with Crippen molar-refractivity contribution in [2.75, 3.05) is 0 Å². The maximum absolute atomic E-state index is 9.14. The van der Waals surface area contributed by atoms with Crippen LogP contribution in [0.15, 0.2) is 0 Å². The summed E-state index contributed by atoms with van der Waals surface area (Å²) in [5.41, 5.74) is 0. The fourth-order valence-electron chi connectivity index (χ4n) is 0. The molecule has 0 saturated carbocycles. The van der Waals surface area contributed by atoms with Crippen LogP contribution in [0.4, 0.5) is 0 Å². The predicted molar refractivity (Wildman–Crippen MR) is 7.24 cm³/mol. The van der Waals surface area contributed by atoms with Crippen molar-refractivity contribution in [3.8, 4) is 0 Å². The molecule has 2 nitrogen and oxygen atoms in total. The Bertz CT molecular complexity index is 54.4. The van der Waals surface area contributed by atoms with Crippen LogP contribution in [0, 0.1) is 0 Å². The molecular formula is CH3MoO2. The second-order valence-electron chi connectivity index (χ2n) is 0.401. The molecule has 0 rings (SSSR count). The van der Waals surface area contributed by atoms with Crippen LogP contribution in [0.2, 0.25) is 5.31 Å². The third-order valence-corrected chi connectivity index (χ3v) is 0. The minimum absolute atomic E-state index is 1.23. The van der Waals surface area contributed by atoms with Crippen molar-refractivity contribution in [3.63, 3.8) is 0 Å². The van der Waals surface area contributed by atoms with Gasteiger partial charge in [-0.2, -0.15) is 0 Å². The molecule has 0 N–H and O–H groups in total. The summed E-state index contributed by atoms with van der Waals surface area (Å²) in [5, 5.41) is 1.23. The van der Waals surface area contributed by atoms with Crippen molar-refractivity contribution in [2.45, 2.75) is 5.31 Å². The molecule has 0 bridgehead atoms. The zero-order valence-electron chi connectivity index (χ0n) is 2.22. The normalized spacial score (nSPS) is 6.25. The van der Waals surface area contributed by atoms with Gasteiger partial charge in [0.15, 0.2) is 0 Å². The Kier molecular flexibility index (Phi) is 1.71. The van der Waals surface area contributed by atoms with E-state index in [2.05, 4.69) is 0 Å². The monoisotopic (exact) mass is 145 g/mol. The summed E-state index contributed by atoms with van der Waals surface area (Å²) < 4.78 is 18.3. The first kappa shape index (κ1) is 4.29. The molecule has 0 aliphatic rings. The average molecular weight is 143 g/mol. The Balaban J connectivity index is 3.51. The Morgan fingerprint density at radius 2 is 1.50 bits per heavy atom. The predicted octanol–water partition coefficient (Wildman–Crippen LogP) is 0.344. The zero-order chi connectivity index (χ0) is 3.58. The maximum atomic E-state index is 9.14. The van der Waals surface area contributed by atoms with Crippen molar-refractivity contribution in [1.29, 1.82) is 0 Å². The van der Waals surface area contributed by atoms with Gasteiger partial charge in [0.05, 0.1) is 0 Å². The van der Waals surface area contributed by atoms with Gasteiger partial charge >= 0.3 is 29.3 Å². The average Bonchev–Trinajstić information content (AvgIpc) is 0.811. The van der Waals surface area contributed by atoms with Crippen molar-refractivity contribution in [1.82, 2.24) is 0 Å². The van der Waals surface area contributed by atoms with Crippen LogP contribution in [0.25, 0.3) is 0 Å². The van der Waals surface area contributed by atoms with Crippen LogP contribution in [-0.2, 0) is 24.0 Å². The molecule has 0 aromatic rings. The second kappa shape index (κ2) is 1.59. The van der Waals surface area contributed by atoms with Gasteiger partial charge < -0.3 is 0 Å². The Hall–Kier alpha value is 0.288. The van der Waals surface area contributed by atoms with Gasteiger partial charge in [0.1, 0.15) is 0 Å². The first-order chi connectivity index (χ1) is 1.73. The Morgan fingerprint density at radius 3 is 1.50 bits per heavy atom. The van der Waals surface area contributed by atoms with E-state index >= 15 is 0 Å². The van der Waals surface area contributed by atoms with E-state index in [1.165, 1.54) is 5.31 Å². The molecule has 0 saturated heterocycles. The van der Waals surface area contributed by atoms with E-state index in [4.69, 9.17) is 6.80 Å². The van der Waals surface area contributed by atoms with E-state index in [1.807, 2.05) is 0 Å². The van der Waals surface area contributed by atoms with Crippen LogP contribution in [0.1, 0.15) is 0 Å². The summed E-state index contributed by atoms with van der Waals surface area (Å²) >= 11 is -2.86. The molecule has 0 aliphatic carbocycles. The van der Waals surface area contributed by atoms with Gasteiger partial charge in [0.25, 0.3) is 0 Å². The van der Waals surface area contributed by atoms with Gasteiger partial charge in [-0.1, -0.05) is 0 Å². The second-order valence-corrected chi connectivity index (χ2v) is 2.37. The molecule has 0 aliphatic heterocycles. The van der Waals surface area contributed by atoms with Crippen molar-refractivity contribution in [2.24, 2.45) is 0 Å². The standard InChI is InChI=1S/CH3.Mo.2O/h1H3;;;. The summed E-state index contributed by atoms with van der Waals surface area (Å²) in [4.78, 5) is 0. The van der Waals surface area contributed by atoms with Crippen LogP contribution in [0.3, 0.4) is 0 Å². The fraction of sp³-hybridized carbons (Fsp3) is 1.00. The third kappa shape index (κ3) is 45.7. The molecule has 0 amide bonds.